The van der Waals surface area contributed by atoms with Crippen LogP contribution in [0.4, 0.5) is 0 Å². The van der Waals surface area contributed by atoms with E-state index >= 15 is 0 Å². The zero-order chi connectivity index (χ0) is 10.6. The molecule has 0 aliphatic carbocycles. The number of nitrogens with two attached hydrogens (primary N) is 1. The van der Waals surface area contributed by atoms with E-state index in [2.05, 4.69) is 5.32 Å². The van der Waals surface area contributed by atoms with Crippen molar-refractivity contribution in [1.82, 2.24) is 5.32 Å². The number of rotatable bonds is 4. The van der Waals surface area contributed by atoms with Gasteiger partial charge < -0.3 is 11.1 Å². The Morgan fingerprint density at radius 1 is 1.43 bits per heavy atom. The molecule has 14 heavy (non-hydrogen) atoms. The Balaban J connectivity index is 2.74. The molecular weight excluding hydrogens is 219 g/mol. The van der Waals surface area contributed by atoms with Crippen molar-refractivity contribution >= 4 is 23.2 Å². The average Bonchev–Trinajstić information content (AvgIpc) is 2.14. The smallest absolute Gasteiger partial charge is 0.0468 e. The molecular formula is C10H14Cl2N2. The molecule has 0 amide bonds. The Labute approximate surface area is 94.4 Å². The second kappa shape index (κ2) is 5.56. The van der Waals surface area contributed by atoms with Crippen LogP contribution < -0.4 is 11.1 Å². The van der Waals surface area contributed by atoms with E-state index in [4.69, 9.17) is 28.9 Å². The molecule has 1 rings (SSSR count). The summed E-state index contributed by atoms with van der Waals surface area (Å²) in [5, 5.41) is 4.60. The van der Waals surface area contributed by atoms with Crippen molar-refractivity contribution in [2.24, 2.45) is 5.73 Å². The first-order chi connectivity index (χ1) is 6.65. The van der Waals surface area contributed by atoms with E-state index in [1.807, 2.05) is 19.1 Å². The summed E-state index contributed by atoms with van der Waals surface area (Å²) in [6.45, 7) is 3.44. The number of benzene rings is 1. The van der Waals surface area contributed by atoms with Gasteiger partial charge in [0.25, 0.3) is 0 Å². The summed E-state index contributed by atoms with van der Waals surface area (Å²) in [5.41, 5.74) is 6.45. The van der Waals surface area contributed by atoms with Crippen LogP contribution >= 0.6 is 23.2 Å². The van der Waals surface area contributed by atoms with Crippen molar-refractivity contribution < 1.29 is 0 Å². The second-order valence-electron chi connectivity index (χ2n) is 3.13. The van der Waals surface area contributed by atoms with E-state index < -0.39 is 0 Å². The van der Waals surface area contributed by atoms with Crippen molar-refractivity contribution in [3.63, 3.8) is 0 Å². The number of nitrogens with one attached hydrogen (secondary N) is 1. The molecule has 0 saturated carbocycles. The van der Waals surface area contributed by atoms with Crippen LogP contribution in [0.1, 0.15) is 18.5 Å². The van der Waals surface area contributed by atoms with Crippen LogP contribution in [0.5, 0.6) is 0 Å². The van der Waals surface area contributed by atoms with Crippen LogP contribution in [0.2, 0.25) is 10.0 Å². The van der Waals surface area contributed by atoms with Gasteiger partial charge >= 0.3 is 0 Å². The summed E-state index contributed by atoms with van der Waals surface area (Å²) < 4.78 is 0. The fourth-order valence-corrected chi connectivity index (χ4v) is 1.83. The van der Waals surface area contributed by atoms with Gasteiger partial charge in [0.05, 0.1) is 0 Å². The van der Waals surface area contributed by atoms with Crippen LogP contribution in [0.25, 0.3) is 0 Å². The third kappa shape index (κ3) is 3.14. The van der Waals surface area contributed by atoms with Gasteiger partial charge in [-0.1, -0.05) is 29.3 Å². The highest BCUT2D eigenvalue weighted by molar-refractivity contribution is 6.35. The lowest BCUT2D eigenvalue weighted by molar-refractivity contribution is 0.582. The molecule has 0 aromatic heterocycles. The van der Waals surface area contributed by atoms with E-state index in [0.717, 1.165) is 12.1 Å². The third-order valence-electron chi connectivity index (χ3n) is 2.02. The Kier molecular flexibility index (Phi) is 4.69. The summed E-state index contributed by atoms with van der Waals surface area (Å²) in [4.78, 5) is 0. The van der Waals surface area contributed by atoms with E-state index in [9.17, 15) is 0 Å². The van der Waals surface area contributed by atoms with Gasteiger partial charge in [0.2, 0.25) is 0 Å². The highest BCUT2D eigenvalue weighted by atomic mass is 35.5. The summed E-state index contributed by atoms with van der Waals surface area (Å²) in [7, 11) is 0. The first kappa shape index (κ1) is 11.8. The molecule has 0 aliphatic rings. The molecule has 0 fully saturated rings. The zero-order valence-corrected chi connectivity index (χ0v) is 9.57. The molecule has 0 radical (unpaired) electrons. The molecule has 78 valence electrons. The summed E-state index contributed by atoms with van der Waals surface area (Å²) in [6, 6.07) is 5.71. The molecule has 0 heterocycles. The predicted molar refractivity (Wildman–Crippen MR) is 61.9 cm³/mol. The normalized spacial score (nSPS) is 12.9. The van der Waals surface area contributed by atoms with Crippen molar-refractivity contribution in [3.8, 4) is 0 Å². The van der Waals surface area contributed by atoms with Crippen LogP contribution in [-0.4, -0.2) is 13.1 Å². The fourth-order valence-electron chi connectivity index (χ4n) is 1.26. The summed E-state index contributed by atoms with van der Waals surface area (Å²) >= 11 is 11.8. The van der Waals surface area contributed by atoms with E-state index in [0.29, 0.717) is 16.6 Å². The summed E-state index contributed by atoms with van der Waals surface area (Å²) in [5.74, 6) is 0. The Morgan fingerprint density at radius 2 is 2.14 bits per heavy atom. The molecule has 1 aromatic carbocycles. The van der Waals surface area contributed by atoms with Gasteiger partial charge in [0, 0.05) is 29.2 Å². The minimum Gasteiger partial charge on any atom is -0.329 e. The molecule has 2 nitrogen and oxygen atoms in total. The first-order valence-electron chi connectivity index (χ1n) is 4.53. The monoisotopic (exact) mass is 232 g/mol. The Hall–Kier alpha value is -0.280. The number of hydrogen-bond acceptors (Lipinski definition) is 2. The number of hydrogen-bond donors (Lipinski definition) is 2. The van der Waals surface area contributed by atoms with Crippen LogP contribution in [0.3, 0.4) is 0 Å². The fraction of sp³-hybridized carbons (Fsp3) is 0.400. The summed E-state index contributed by atoms with van der Waals surface area (Å²) in [6.07, 6.45) is 0. The Bertz CT molecular complexity index is 302. The van der Waals surface area contributed by atoms with Gasteiger partial charge in [-0.05, 0) is 24.6 Å². The molecule has 0 bridgehead atoms. The molecule has 1 aromatic rings. The lowest BCUT2D eigenvalue weighted by atomic mass is 10.1. The van der Waals surface area contributed by atoms with Crippen molar-refractivity contribution in [2.45, 2.75) is 13.0 Å². The lowest BCUT2D eigenvalue weighted by Crippen LogP contribution is -2.25. The van der Waals surface area contributed by atoms with Gasteiger partial charge in [-0.2, -0.15) is 0 Å². The molecule has 0 aliphatic heterocycles. The predicted octanol–water partition coefficient (Wildman–Crippen LogP) is 2.60. The highest BCUT2D eigenvalue weighted by Gasteiger charge is 2.08. The first-order valence-corrected chi connectivity index (χ1v) is 5.29. The van der Waals surface area contributed by atoms with Gasteiger partial charge in [-0.25, -0.2) is 0 Å². The Morgan fingerprint density at radius 3 is 2.71 bits per heavy atom. The zero-order valence-electron chi connectivity index (χ0n) is 8.06. The van der Waals surface area contributed by atoms with Crippen LogP contribution in [-0.2, 0) is 0 Å². The molecule has 0 saturated heterocycles. The maximum absolute atomic E-state index is 6.05. The van der Waals surface area contributed by atoms with Crippen molar-refractivity contribution in [1.29, 1.82) is 0 Å². The van der Waals surface area contributed by atoms with Gasteiger partial charge in [0.1, 0.15) is 0 Å². The molecule has 3 N–H and O–H groups in total. The standard InChI is InChI=1S/C10H14Cl2N2/c1-7(14-5-4-13)9-3-2-8(11)6-10(9)12/h2-3,6-7,14H,4-5,13H2,1H3. The van der Waals surface area contributed by atoms with Crippen LogP contribution in [0.15, 0.2) is 18.2 Å². The number of halogens is 2. The SMILES string of the molecule is CC(NCCN)c1ccc(Cl)cc1Cl. The highest BCUT2D eigenvalue weighted by Crippen LogP contribution is 2.25. The quantitative estimate of drug-likeness (QED) is 0.838. The minimum atomic E-state index is 0.198. The van der Waals surface area contributed by atoms with Crippen molar-refractivity contribution in [3.05, 3.63) is 33.8 Å². The average molecular weight is 233 g/mol. The van der Waals surface area contributed by atoms with Gasteiger partial charge in [-0.3, -0.25) is 0 Å². The second-order valence-corrected chi connectivity index (χ2v) is 3.97. The molecule has 4 heteroatoms. The van der Waals surface area contributed by atoms with E-state index in [1.54, 1.807) is 6.07 Å². The van der Waals surface area contributed by atoms with E-state index in [1.165, 1.54) is 0 Å². The molecule has 0 spiro atoms. The minimum absolute atomic E-state index is 0.198. The van der Waals surface area contributed by atoms with E-state index in [-0.39, 0.29) is 6.04 Å². The van der Waals surface area contributed by atoms with Crippen LogP contribution in [0, 0.1) is 0 Å². The van der Waals surface area contributed by atoms with Gasteiger partial charge in [0.15, 0.2) is 0 Å². The topological polar surface area (TPSA) is 38.0 Å². The molecule has 1 unspecified atom stereocenters. The van der Waals surface area contributed by atoms with Crippen molar-refractivity contribution in [2.75, 3.05) is 13.1 Å². The van der Waals surface area contributed by atoms with Gasteiger partial charge in [-0.15, -0.1) is 0 Å². The third-order valence-corrected chi connectivity index (χ3v) is 2.59. The maximum atomic E-state index is 6.05. The lowest BCUT2D eigenvalue weighted by Gasteiger charge is -2.15. The molecule has 1 atom stereocenters. The largest absolute Gasteiger partial charge is 0.329 e. The maximum Gasteiger partial charge on any atom is 0.0468 e.